The molecule has 0 bridgehead atoms. The van der Waals surface area contributed by atoms with Crippen LogP contribution in [0.1, 0.15) is 36.0 Å². The summed E-state index contributed by atoms with van der Waals surface area (Å²) < 4.78 is 0. The van der Waals surface area contributed by atoms with Crippen LogP contribution in [0, 0.1) is 5.92 Å². The topological polar surface area (TPSA) is 98.6 Å². The molecule has 1 saturated heterocycles. The lowest BCUT2D eigenvalue weighted by Crippen LogP contribution is -2.45. The monoisotopic (exact) mass is 490 g/mol. The van der Waals surface area contributed by atoms with Gasteiger partial charge in [0, 0.05) is 42.7 Å². The number of amidine groups is 1. The summed E-state index contributed by atoms with van der Waals surface area (Å²) in [7, 11) is 2.13. The number of hydrogen-bond acceptors (Lipinski definition) is 9. The van der Waals surface area contributed by atoms with Gasteiger partial charge in [-0.3, -0.25) is 9.79 Å². The Bertz CT molecular complexity index is 1160. The van der Waals surface area contributed by atoms with Crippen molar-refractivity contribution < 1.29 is 4.79 Å². The quantitative estimate of drug-likeness (QED) is 0.611. The van der Waals surface area contributed by atoms with Crippen LogP contribution in [0.25, 0.3) is 0 Å². The highest BCUT2D eigenvalue weighted by atomic mass is 32.2. The van der Waals surface area contributed by atoms with Crippen LogP contribution >= 0.6 is 11.8 Å². The van der Waals surface area contributed by atoms with Crippen molar-refractivity contribution in [3.05, 3.63) is 41.5 Å². The molecule has 2 saturated carbocycles. The third kappa shape index (κ3) is 5.65. The third-order valence-corrected chi connectivity index (χ3v) is 7.60. The summed E-state index contributed by atoms with van der Waals surface area (Å²) in [5, 5.41) is 6.98. The molecule has 2 aliphatic heterocycles. The maximum absolute atomic E-state index is 12.3. The van der Waals surface area contributed by atoms with Crippen LogP contribution in [-0.2, 0) is 0 Å². The molecule has 10 heteroatoms. The Morgan fingerprint density at radius 1 is 1.00 bits per heavy atom. The first-order valence-electron chi connectivity index (χ1n) is 12.4. The number of amides is 1. The first-order chi connectivity index (χ1) is 17.1. The van der Waals surface area contributed by atoms with Gasteiger partial charge in [-0.15, -0.1) is 0 Å². The summed E-state index contributed by atoms with van der Waals surface area (Å²) in [4.78, 5) is 36.7. The van der Waals surface area contributed by atoms with Gasteiger partial charge in [-0.05, 0) is 86.3 Å². The molecule has 3 heterocycles. The molecule has 2 aliphatic carbocycles. The average Bonchev–Trinajstić information content (AvgIpc) is 3.80. The largest absolute Gasteiger partial charge is 0.349 e. The maximum atomic E-state index is 12.3. The van der Waals surface area contributed by atoms with Crippen molar-refractivity contribution >= 4 is 35.4 Å². The molecule has 1 aromatic heterocycles. The van der Waals surface area contributed by atoms with Gasteiger partial charge >= 0.3 is 0 Å². The van der Waals surface area contributed by atoms with Crippen LogP contribution in [0.5, 0.6) is 0 Å². The fourth-order valence-electron chi connectivity index (χ4n) is 4.21. The van der Waals surface area contributed by atoms with E-state index in [1.807, 2.05) is 24.3 Å². The molecule has 182 valence electrons. The van der Waals surface area contributed by atoms with Gasteiger partial charge < -0.3 is 20.4 Å². The number of piperazine rings is 1. The molecule has 2 N–H and O–H groups in total. The van der Waals surface area contributed by atoms with Crippen LogP contribution < -0.4 is 15.5 Å². The number of aliphatic imine (C=N–C) groups is 1. The number of nitrogens with one attached hydrogen (secondary N) is 2. The van der Waals surface area contributed by atoms with Crippen molar-refractivity contribution in [1.82, 2.24) is 25.2 Å². The highest BCUT2D eigenvalue weighted by molar-refractivity contribution is 7.99. The molecule has 0 spiro atoms. The zero-order valence-electron chi connectivity index (χ0n) is 19.9. The number of likely N-dealkylation sites (N-methyl/N-ethyl adjacent to an activating group) is 1. The summed E-state index contributed by atoms with van der Waals surface area (Å²) in [6, 6.07) is 7.97. The zero-order chi connectivity index (χ0) is 23.8. The molecule has 9 nitrogen and oxygen atoms in total. The van der Waals surface area contributed by atoms with Crippen molar-refractivity contribution in [1.29, 1.82) is 0 Å². The van der Waals surface area contributed by atoms with Gasteiger partial charge in [0.2, 0.25) is 11.9 Å². The second-order valence-electron chi connectivity index (χ2n) is 9.73. The van der Waals surface area contributed by atoms with Crippen molar-refractivity contribution in [3.63, 3.8) is 0 Å². The van der Waals surface area contributed by atoms with E-state index in [2.05, 4.69) is 38.5 Å². The Labute approximate surface area is 209 Å². The van der Waals surface area contributed by atoms with Crippen LogP contribution in [0.15, 0.2) is 51.0 Å². The van der Waals surface area contributed by atoms with E-state index in [4.69, 9.17) is 15.0 Å². The van der Waals surface area contributed by atoms with E-state index in [1.165, 1.54) is 30.2 Å². The second kappa shape index (κ2) is 9.58. The van der Waals surface area contributed by atoms with Crippen molar-refractivity contribution in [2.24, 2.45) is 10.9 Å². The molecule has 0 radical (unpaired) electrons. The summed E-state index contributed by atoms with van der Waals surface area (Å²) >= 11 is 1.47. The normalized spacial score (nSPS) is 20.4. The lowest BCUT2D eigenvalue weighted by atomic mass is 10.2. The van der Waals surface area contributed by atoms with Crippen LogP contribution in [0.2, 0.25) is 0 Å². The van der Waals surface area contributed by atoms with E-state index >= 15 is 0 Å². The predicted molar refractivity (Wildman–Crippen MR) is 137 cm³/mol. The number of hydrogen-bond donors (Lipinski definition) is 2. The van der Waals surface area contributed by atoms with Crippen LogP contribution in [0.3, 0.4) is 0 Å². The molecule has 0 atom stereocenters. The average molecular weight is 491 g/mol. The smallest absolute Gasteiger partial charge is 0.251 e. The molecular weight excluding hydrogens is 460 g/mol. The van der Waals surface area contributed by atoms with E-state index < -0.39 is 0 Å². The number of benzene rings is 1. The number of aromatic nitrogens is 3. The summed E-state index contributed by atoms with van der Waals surface area (Å²) in [5.41, 5.74) is 2.08. The van der Waals surface area contributed by atoms with Gasteiger partial charge in [0.25, 0.3) is 5.91 Å². The number of carbonyl (C=O) groups excluding carboxylic acids is 1. The minimum absolute atomic E-state index is 0.0102. The van der Waals surface area contributed by atoms with Gasteiger partial charge in [-0.1, -0.05) is 0 Å². The molecule has 35 heavy (non-hydrogen) atoms. The maximum Gasteiger partial charge on any atom is 0.251 e. The Balaban J connectivity index is 1.21. The SMILES string of the molecule is CN1CCN(c2nc(NC3=NCC(C4CC4)=C3)nc(Sc3ccc(C(=O)NC4CC4)cc3)n2)CC1. The van der Waals surface area contributed by atoms with E-state index in [0.29, 0.717) is 34.6 Å². The molecule has 6 rings (SSSR count). The van der Waals surface area contributed by atoms with Crippen molar-refractivity contribution in [2.75, 3.05) is 50.0 Å². The van der Waals surface area contributed by atoms with E-state index in [9.17, 15) is 4.79 Å². The van der Waals surface area contributed by atoms with Gasteiger partial charge in [-0.25, -0.2) is 0 Å². The minimum Gasteiger partial charge on any atom is -0.349 e. The van der Waals surface area contributed by atoms with Gasteiger partial charge in [0.1, 0.15) is 5.84 Å². The number of carbonyl (C=O) groups is 1. The Kier molecular flexibility index (Phi) is 6.15. The van der Waals surface area contributed by atoms with Gasteiger partial charge in [-0.2, -0.15) is 15.0 Å². The molecule has 3 fully saturated rings. The third-order valence-electron chi connectivity index (χ3n) is 6.72. The lowest BCUT2D eigenvalue weighted by molar-refractivity contribution is 0.0951. The standard InChI is InChI=1S/C25H30N8OS/c1-32-10-12-33(13-11-32)24-29-23(28-21-14-18(15-26-21)16-2-3-16)30-25(31-24)35-20-8-4-17(5-9-20)22(34)27-19-6-7-19/h4-5,8-9,14,16,19H,2-3,6-7,10-13,15H2,1H3,(H,27,34)(H,26,28,29,30,31). The van der Waals surface area contributed by atoms with E-state index in [-0.39, 0.29) is 5.91 Å². The highest BCUT2D eigenvalue weighted by Crippen LogP contribution is 2.38. The van der Waals surface area contributed by atoms with Crippen LogP contribution in [-0.4, -0.2) is 77.4 Å². The zero-order valence-corrected chi connectivity index (χ0v) is 20.7. The Hall–Kier alpha value is -2.98. The van der Waals surface area contributed by atoms with E-state index in [1.54, 1.807) is 0 Å². The minimum atomic E-state index is -0.0102. The highest BCUT2D eigenvalue weighted by Gasteiger charge is 2.28. The van der Waals surface area contributed by atoms with Crippen molar-refractivity contribution in [3.8, 4) is 0 Å². The Morgan fingerprint density at radius 2 is 1.77 bits per heavy atom. The fourth-order valence-corrected chi connectivity index (χ4v) is 4.95. The number of rotatable bonds is 7. The molecule has 1 aromatic carbocycles. The summed E-state index contributed by atoms with van der Waals surface area (Å²) in [6.07, 6.45) is 6.85. The molecule has 1 amide bonds. The first-order valence-corrected chi connectivity index (χ1v) is 13.2. The van der Waals surface area contributed by atoms with Gasteiger partial charge in [0.05, 0.1) is 6.54 Å². The Morgan fingerprint density at radius 3 is 2.49 bits per heavy atom. The molecule has 4 aliphatic rings. The fraction of sp³-hybridized carbons (Fsp3) is 0.480. The summed E-state index contributed by atoms with van der Waals surface area (Å²) in [6.45, 7) is 4.47. The predicted octanol–water partition coefficient (Wildman–Crippen LogP) is 2.83. The van der Waals surface area contributed by atoms with E-state index in [0.717, 1.165) is 56.3 Å². The molecule has 2 aromatic rings. The number of nitrogens with zero attached hydrogens (tertiary/aromatic N) is 6. The molecule has 0 unspecified atom stereocenters. The lowest BCUT2D eigenvalue weighted by Gasteiger charge is -2.32. The summed E-state index contributed by atoms with van der Waals surface area (Å²) in [5.74, 6) is 2.72. The van der Waals surface area contributed by atoms with Crippen LogP contribution in [0.4, 0.5) is 11.9 Å². The molecular formula is C25H30N8OS. The first kappa shape index (κ1) is 22.5. The second-order valence-corrected chi connectivity index (χ2v) is 10.8. The number of anilines is 2. The van der Waals surface area contributed by atoms with Gasteiger partial charge in [0.15, 0.2) is 5.16 Å². The van der Waals surface area contributed by atoms with Crippen molar-refractivity contribution in [2.45, 2.75) is 41.8 Å².